The number of carbonyl (C=O) groups is 18. The SMILES string of the molecule is CC[C@H](C)[C@H](NC(=O)[C@H](Cc1c[nH]c2ccccc12)NC(C)=O)C(=O)N[C@@H](CCC(N)=O)C(=O)N[C@](C)(CC)C(=O)N[C@H](C(=O)N[C@H](C(=O)NC(C)(C)C(=O)N[C@@H](CC(C)C)C(=O)NC(C)(C)C(=O)N1C[C@H](O)C[C@H]1C(=O)N[C@@H](CCC(N)=O)C(=O)NC(C)(C)C(=O)N1C[C@H](O)C[C@H]1C(=O)NC(C)(C)C(=O)N1CCC[C@H]1C(=O)N[C@@H](CO)Cc1ccccc1)[C@@H](C)O)[C@@H](C)CC. The van der Waals surface area contributed by atoms with Gasteiger partial charge in [-0.15, -0.1) is 0 Å². The number of carbonyl (C=O) groups excluding carboxylic acids is 18. The molecule has 3 saturated heterocycles. The molecule has 3 fully saturated rings. The first-order chi connectivity index (χ1) is 61.0. The van der Waals surface area contributed by atoms with E-state index < -0.39 is 269 Å². The number of para-hydroxylation sites is 1. The molecule has 0 spiro atoms. The maximum absolute atomic E-state index is 14.8. The number of hydrogen-bond acceptors (Lipinski definition) is 22. The molecule has 3 aliphatic heterocycles. The van der Waals surface area contributed by atoms with Gasteiger partial charge in [0.15, 0.2) is 0 Å². The second-order valence-corrected chi connectivity index (χ2v) is 37.6. The Bertz CT molecular complexity index is 4630. The van der Waals surface area contributed by atoms with Crippen LogP contribution in [0.25, 0.3) is 10.9 Å². The van der Waals surface area contributed by atoms with Gasteiger partial charge in [-0.05, 0) is 149 Å². The van der Waals surface area contributed by atoms with E-state index in [2.05, 4.69) is 74.1 Å². The van der Waals surface area contributed by atoms with Crippen LogP contribution >= 0.6 is 0 Å². The number of nitrogens with two attached hydrogens (primary N) is 2. The first kappa shape index (κ1) is 108. The third-order valence-corrected chi connectivity index (χ3v) is 24.3. The predicted molar refractivity (Wildman–Crippen MR) is 480 cm³/mol. The van der Waals surface area contributed by atoms with Gasteiger partial charge in [0.25, 0.3) is 0 Å². The van der Waals surface area contributed by atoms with Crippen LogP contribution < -0.4 is 80.6 Å². The summed E-state index contributed by atoms with van der Waals surface area (Å²) in [6, 6.07) is 1.48. The van der Waals surface area contributed by atoms with Crippen molar-refractivity contribution in [1.82, 2.24) is 88.8 Å². The first-order valence-corrected chi connectivity index (χ1v) is 44.8. The molecule has 18 amide bonds. The van der Waals surface area contributed by atoms with Crippen LogP contribution in [0.1, 0.15) is 213 Å². The van der Waals surface area contributed by atoms with Crippen molar-refractivity contribution in [1.29, 1.82) is 0 Å². The number of likely N-dealkylation sites (tertiary alicyclic amines) is 3. The standard InChI is InChI=1S/C90H139N19O22/c1-19-48(6)68(99-71(117)62(94-51(9)112)40-53-43-93-58-31-26-25-30-57(53)58)78(124)97-60(34-36-67(92)116)73(119)106-90(18,21-3)82(128)101-69(49(7)20-2)79(125)100-70(50(8)111)80(126)105-86(10,11)81(127)98-61(38-47(4)5)74(120)103-89(16,17)84(130)108-44-55(113)41-64(108)76(122)96-59(33-35-66(91)115)72(118)102-88(14,15)85(131)109-45-56(114)42-65(109)77(123)104-87(12,13)83(129)107-37-27-32-63(107)75(121)95-54(46-110)39-52-28-23-22-24-29-52/h22-26,28-31,43,47-50,54-56,59-65,68-70,93,110-111,113-114H,19-21,27,32-42,44-46H2,1-18H3,(H2,91,115)(H2,92,116)(H,94,112)(H,95,121)(H,96,122)(H,97,124)(H,98,127)(H,99,117)(H,100,125)(H,101,128)(H,102,118)(H,103,120)(H,104,123)(H,105,126)(H,106,119)/t48-,49-,50+,54+,55+,56+,59-,60-,61-,62-,63-,64-,65-,68-,69-,70-,90+/m0/s1. The lowest BCUT2D eigenvalue weighted by atomic mass is 9.92. The van der Waals surface area contributed by atoms with E-state index >= 15 is 0 Å². The van der Waals surface area contributed by atoms with Crippen molar-refractivity contribution in [2.45, 2.75) is 327 Å². The highest BCUT2D eigenvalue weighted by atomic mass is 16.3. The summed E-state index contributed by atoms with van der Waals surface area (Å²) in [5.74, 6) is -17.3. The van der Waals surface area contributed by atoms with Crippen molar-refractivity contribution in [2.75, 3.05) is 26.2 Å². The summed E-state index contributed by atoms with van der Waals surface area (Å²) < 4.78 is 0. The van der Waals surface area contributed by atoms with Gasteiger partial charge in [-0.2, -0.15) is 0 Å². The molecule has 3 aliphatic rings. The van der Waals surface area contributed by atoms with Crippen molar-refractivity contribution in [3.05, 3.63) is 71.9 Å². The van der Waals surface area contributed by atoms with Crippen LogP contribution in [-0.2, 0) is 99.1 Å². The maximum atomic E-state index is 14.8. The third kappa shape index (κ3) is 29.6. The third-order valence-electron chi connectivity index (χ3n) is 24.3. The number of primary amides is 2. The van der Waals surface area contributed by atoms with Crippen LogP contribution in [0.5, 0.6) is 0 Å². The number of aromatic nitrogens is 1. The van der Waals surface area contributed by atoms with Gasteiger partial charge >= 0.3 is 0 Å². The monoisotopic (exact) mass is 1840 g/mol. The molecule has 0 radical (unpaired) electrons. The van der Waals surface area contributed by atoms with Gasteiger partial charge in [0, 0.05) is 75.8 Å². The van der Waals surface area contributed by atoms with Crippen LogP contribution in [0.4, 0.5) is 0 Å². The highest BCUT2D eigenvalue weighted by Gasteiger charge is 2.51. The quantitative estimate of drug-likeness (QED) is 0.0282. The molecule has 0 aliphatic carbocycles. The van der Waals surface area contributed by atoms with Gasteiger partial charge in [-0.25, -0.2) is 0 Å². The Hall–Kier alpha value is -11.7. The number of aliphatic hydroxyl groups is 4. The molecule has 6 rings (SSSR count). The number of nitrogens with one attached hydrogen (secondary N) is 14. The van der Waals surface area contributed by atoms with Crippen molar-refractivity contribution in [3.63, 3.8) is 0 Å². The van der Waals surface area contributed by atoms with Crippen LogP contribution in [0.2, 0.25) is 0 Å². The lowest BCUT2D eigenvalue weighted by Crippen LogP contribution is -2.66. The van der Waals surface area contributed by atoms with Crippen LogP contribution in [0.3, 0.4) is 0 Å². The first-order valence-electron chi connectivity index (χ1n) is 44.8. The molecule has 3 aromatic rings. The van der Waals surface area contributed by atoms with Gasteiger partial charge in [0.1, 0.15) is 88.1 Å². The summed E-state index contributed by atoms with van der Waals surface area (Å²) in [6.07, 6.45) is -3.60. The molecular weight excluding hydrogens is 1700 g/mol. The van der Waals surface area contributed by atoms with E-state index in [1.54, 1.807) is 54.7 Å². The minimum Gasteiger partial charge on any atom is -0.394 e. The molecule has 131 heavy (non-hydrogen) atoms. The summed E-state index contributed by atoms with van der Waals surface area (Å²) in [5.41, 5.74) is 3.98. The summed E-state index contributed by atoms with van der Waals surface area (Å²) in [6.45, 7) is 24.9. The number of benzene rings is 2. The average molecular weight is 1840 g/mol. The highest BCUT2D eigenvalue weighted by molar-refractivity contribution is 6.04. The summed E-state index contributed by atoms with van der Waals surface area (Å²) >= 11 is 0. The Morgan fingerprint density at radius 3 is 1.47 bits per heavy atom. The lowest BCUT2D eigenvalue weighted by molar-refractivity contribution is -0.148. The number of fused-ring (bicyclic) bond motifs is 1. The Labute approximate surface area is 763 Å². The smallest absolute Gasteiger partial charge is 0.248 e. The fourth-order valence-corrected chi connectivity index (χ4v) is 16.0. The van der Waals surface area contributed by atoms with Gasteiger partial charge in [0.2, 0.25) is 106 Å². The number of H-pyrrole nitrogens is 1. The van der Waals surface area contributed by atoms with E-state index in [1.807, 2.05) is 54.6 Å². The summed E-state index contributed by atoms with van der Waals surface area (Å²) in [4.78, 5) is 260. The van der Waals surface area contributed by atoms with Gasteiger partial charge in [-0.3, -0.25) is 86.3 Å². The molecular formula is C90H139N19O22. The van der Waals surface area contributed by atoms with Crippen molar-refractivity contribution in [3.8, 4) is 0 Å². The average Bonchev–Trinajstić information content (AvgIpc) is 1.67. The number of aliphatic hydroxyl groups excluding tert-OH is 4. The number of aromatic amines is 1. The van der Waals surface area contributed by atoms with E-state index in [1.165, 1.54) is 81.1 Å². The van der Waals surface area contributed by atoms with Gasteiger partial charge in [-0.1, -0.05) is 110 Å². The van der Waals surface area contributed by atoms with Crippen molar-refractivity contribution in [2.24, 2.45) is 29.2 Å². The van der Waals surface area contributed by atoms with Crippen LogP contribution in [0, 0.1) is 17.8 Å². The molecule has 1 aromatic heterocycles. The minimum atomic E-state index is -1.97. The van der Waals surface area contributed by atoms with E-state index in [9.17, 15) is 107 Å². The summed E-state index contributed by atoms with van der Waals surface area (Å²) in [5, 5.41) is 78.4. The number of β-amino-alcohol motifs (C(OH)–C–C–N with tert-alkyl or cyclic N) is 2. The van der Waals surface area contributed by atoms with Crippen LogP contribution in [-0.4, -0.2) is 285 Å². The molecule has 4 heterocycles. The number of amides is 18. The molecule has 17 atom stereocenters. The fourth-order valence-electron chi connectivity index (χ4n) is 16.0. The van der Waals surface area contributed by atoms with Gasteiger partial charge < -0.3 is 121 Å². The fraction of sp³-hybridized carbons (Fsp3) is 0.644. The van der Waals surface area contributed by atoms with E-state index in [0.717, 1.165) is 26.3 Å². The zero-order chi connectivity index (χ0) is 98.4. The highest BCUT2D eigenvalue weighted by Crippen LogP contribution is 2.30. The molecule has 2 aromatic carbocycles. The second-order valence-electron chi connectivity index (χ2n) is 37.6. The second kappa shape index (κ2) is 46.9. The largest absolute Gasteiger partial charge is 0.394 e. The predicted octanol–water partition coefficient (Wildman–Crippen LogP) is -2.33. The zero-order valence-corrected chi connectivity index (χ0v) is 78.5. The Balaban J connectivity index is 1.09. The van der Waals surface area contributed by atoms with Crippen molar-refractivity contribution < 1.29 is 107 Å². The molecule has 726 valence electrons. The molecule has 41 nitrogen and oxygen atoms in total. The number of rotatable bonds is 47. The maximum Gasteiger partial charge on any atom is 0.248 e. The summed E-state index contributed by atoms with van der Waals surface area (Å²) in [7, 11) is 0. The Morgan fingerprint density at radius 1 is 0.481 bits per heavy atom. The Kier molecular flexibility index (Phi) is 38.7. The van der Waals surface area contributed by atoms with Crippen LogP contribution in [0.15, 0.2) is 60.8 Å². The molecule has 0 bridgehead atoms. The number of nitrogens with zero attached hydrogens (tertiary/aromatic N) is 3. The molecule has 0 unspecified atom stereocenters. The van der Waals surface area contributed by atoms with E-state index in [4.69, 9.17) is 11.5 Å². The topological polar surface area (TPSA) is 622 Å². The zero-order valence-electron chi connectivity index (χ0n) is 78.5. The normalized spacial score (nSPS) is 19.5. The molecule has 0 saturated carbocycles. The lowest BCUT2D eigenvalue weighted by Gasteiger charge is -2.37. The number of hydrogen-bond donors (Lipinski definition) is 20. The molecule has 41 heteroatoms. The minimum absolute atomic E-state index is 0.0321. The van der Waals surface area contributed by atoms with E-state index in [-0.39, 0.29) is 57.6 Å². The van der Waals surface area contributed by atoms with Crippen molar-refractivity contribution >= 4 is 117 Å². The van der Waals surface area contributed by atoms with E-state index in [0.29, 0.717) is 31.2 Å². The van der Waals surface area contributed by atoms with Gasteiger partial charge in [0.05, 0.1) is 31.0 Å². The Morgan fingerprint density at radius 2 is 0.954 bits per heavy atom. The molecule has 22 N–H and O–H groups in total.